The zero-order valence-corrected chi connectivity index (χ0v) is 8.27. The van der Waals surface area contributed by atoms with Crippen LogP contribution in [0.5, 0.6) is 0 Å². The molecular formula is C11H15NO2. The van der Waals surface area contributed by atoms with Crippen molar-refractivity contribution in [2.24, 2.45) is 5.73 Å². The Morgan fingerprint density at radius 3 is 2.64 bits per heavy atom. The van der Waals surface area contributed by atoms with Crippen molar-refractivity contribution in [3.05, 3.63) is 35.9 Å². The molecule has 0 radical (unpaired) electrons. The average Bonchev–Trinajstić information content (AvgIpc) is 2.18. The Hall–Kier alpha value is -1.51. The highest BCUT2D eigenvalue weighted by molar-refractivity contribution is 5.64. The molecule has 3 nitrogen and oxygen atoms in total. The minimum Gasteiger partial charge on any atom is -0.450 e. The number of primary amides is 1. The standard InChI is InChI=1S/C11H15NO2/c1-9(7-8-14-11(12)13)10-5-3-2-4-6-10/h2-6,9H,7-8H2,1H3,(H2,12,13). The Labute approximate surface area is 83.9 Å². The van der Waals surface area contributed by atoms with Gasteiger partial charge in [-0.3, -0.25) is 0 Å². The van der Waals surface area contributed by atoms with E-state index in [1.807, 2.05) is 18.2 Å². The fourth-order valence-corrected chi connectivity index (χ4v) is 1.28. The first-order chi connectivity index (χ1) is 6.70. The molecule has 76 valence electrons. The van der Waals surface area contributed by atoms with E-state index in [9.17, 15) is 4.79 Å². The molecular weight excluding hydrogens is 178 g/mol. The van der Waals surface area contributed by atoms with E-state index in [1.54, 1.807) is 0 Å². The molecule has 3 heteroatoms. The highest BCUT2D eigenvalue weighted by Crippen LogP contribution is 2.17. The van der Waals surface area contributed by atoms with E-state index in [0.29, 0.717) is 12.5 Å². The van der Waals surface area contributed by atoms with Gasteiger partial charge in [-0.15, -0.1) is 0 Å². The molecule has 0 aromatic heterocycles. The van der Waals surface area contributed by atoms with Gasteiger partial charge in [-0.2, -0.15) is 0 Å². The van der Waals surface area contributed by atoms with Crippen LogP contribution < -0.4 is 5.73 Å². The molecule has 1 aromatic rings. The van der Waals surface area contributed by atoms with Gasteiger partial charge in [-0.1, -0.05) is 37.3 Å². The first-order valence-electron chi connectivity index (χ1n) is 4.67. The van der Waals surface area contributed by atoms with Crippen molar-refractivity contribution in [1.82, 2.24) is 0 Å². The van der Waals surface area contributed by atoms with E-state index >= 15 is 0 Å². The van der Waals surface area contributed by atoms with E-state index in [0.717, 1.165) is 6.42 Å². The second-order valence-corrected chi connectivity index (χ2v) is 3.27. The molecule has 1 amide bonds. The molecule has 0 aliphatic carbocycles. The van der Waals surface area contributed by atoms with Gasteiger partial charge in [0.2, 0.25) is 0 Å². The normalized spacial score (nSPS) is 12.1. The van der Waals surface area contributed by atoms with Crippen LogP contribution in [0.15, 0.2) is 30.3 Å². The van der Waals surface area contributed by atoms with E-state index in [-0.39, 0.29) is 0 Å². The molecule has 0 aliphatic rings. The summed E-state index contributed by atoms with van der Waals surface area (Å²) in [4.78, 5) is 10.3. The molecule has 0 saturated carbocycles. The Bertz CT molecular complexity index is 285. The number of amides is 1. The molecule has 1 atom stereocenters. The summed E-state index contributed by atoms with van der Waals surface area (Å²) in [5.74, 6) is 0.385. The zero-order chi connectivity index (χ0) is 10.4. The van der Waals surface area contributed by atoms with Crippen LogP contribution >= 0.6 is 0 Å². The second-order valence-electron chi connectivity index (χ2n) is 3.27. The number of hydrogen-bond donors (Lipinski definition) is 1. The van der Waals surface area contributed by atoms with Crippen LogP contribution in [-0.4, -0.2) is 12.7 Å². The Morgan fingerprint density at radius 2 is 2.07 bits per heavy atom. The molecule has 2 N–H and O–H groups in total. The first kappa shape index (κ1) is 10.6. The quantitative estimate of drug-likeness (QED) is 0.797. The highest BCUT2D eigenvalue weighted by Gasteiger charge is 2.05. The molecule has 0 bridgehead atoms. The van der Waals surface area contributed by atoms with Crippen LogP contribution in [0, 0.1) is 0 Å². The molecule has 0 saturated heterocycles. The van der Waals surface area contributed by atoms with Gasteiger partial charge in [-0.05, 0) is 17.9 Å². The topological polar surface area (TPSA) is 52.3 Å². The van der Waals surface area contributed by atoms with E-state index in [2.05, 4.69) is 23.8 Å². The SMILES string of the molecule is CC(CCOC(N)=O)c1ccccc1. The van der Waals surface area contributed by atoms with Crippen LogP contribution in [-0.2, 0) is 4.74 Å². The summed E-state index contributed by atoms with van der Waals surface area (Å²) in [7, 11) is 0. The molecule has 0 heterocycles. The van der Waals surface area contributed by atoms with Gasteiger partial charge < -0.3 is 10.5 Å². The van der Waals surface area contributed by atoms with Gasteiger partial charge in [0.1, 0.15) is 0 Å². The molecule has 14 heavy (non-hydrogen) atoms. The van der Waals surface area contributed by atoms with Crippen molar-refractivity contribution < 1.29 is 9.53 Å². The lowest BCUT2D eigenvalue weighted by Crippen LogP contribution is -2.14. The van der Waals surface area contributed by atoms with Crippen molar-refractivity contribution in [1.29, 1.82) is 0 Å². The van der Waals surface area contributed by atoms with Gasteiger partial charge in [0.15, 0.2) is 0 Å². The van der Waals surface area contributed by atoms with Gasteiger partial charge >= 0.3 is 6.09 Å². The zero-order valence-electron chi connectivity index (χ0n) is 8.27. The lowest BCUT2D eigenvalue weighted by molar-refractivity contribution is 0.153. The summed E-state index contributed by atoms with van der Waals surface area (Å²) >= 11 is 0. The van der Waals surface area contributed by atoms with Gasteiger partial charge in [0.05, 0.1) is 6.61 Å². The van der Waals surface area contributed by atoms with Crippen LogP contribution in [0.4, 0.5) is 4.79 Å². The maximum absolute atomic E-state index is 10.3. The number of carbonyl (C=O) groups is 1. The largest absolute Gasteiger partial charge is 0.450 e. The Balaban J connectivity index is 2.36. The third-order valence-electron chi connectivity index (χ3n) is 2.16. The van der Waals surface area contributed by atoms with Crippen LogP contribution in [0.1, 0.15) is 24.8 Å². The van der Waals surface area contributed by atoms with Crippen LogP contribution in [0.2, 0.25) is 0 Å². The molecule has 0 spiro atoms. The van der Waals surface area contributed by atoms with E-state index in [1.165, 1.54) is 5.56 Å². The number of benzene rings is 1. The van der Waals surface area contributed by atoms with Crippen molar-refractivity contribution in [3.8, 4) is 0 Å². The second kappa shape index (κ2) is 5.27. The third-order valence-corrected chi connectivity index (χ3v) is 2.16. The number of carbonyl (C=O) groups excluding carboxylic acids is 1. The first-order valence-corrected chi connectivity index (χ1v) is 4.67. The van der Waals surface area contributed by atoms with Crippen LogP contribution in [0.25, 0.3) is 0 Å². The maximum Gasteiger partial charge on any atom is 0.404 e. The molecule has 0 fully saturated rings. The predicted molar refractivity (Wildman–Crippen MR) is 55.0 cm³/mol. The summed E-state index contributed by atoms with van der Waals surface area (Å²) < 4.78 is 4.67. The highest BCUT2D eigenvalue weighted by atomic mass is 16.5. The number of hydrogen-bond acceptors (Lipinski definition) is 2. The minimum atomic E-state index is -0.703. The molecule has 1 aromatic carbocycles. The average molecular weight is 193 g/mol. The maximum atomic E-state index is 10.3. The van der Waals surface area contributed by atoms with Gasteiger partial charge in [-0.25, -0.2) is 4.79 Å². The fourth-order valence-electron chi connectivity index (χ4n) is 1.28. The summed E-state index contributed by atoms with van der Waals surface area (Å²) in [6.07, 6.45) is 0.0951. The number of nitrogens with two attached hydrogens (primary N) is 1. The van der Waals surface area contributed by atoms with E-state index in [4.69, 9.17) is 5.73 Å². The predicted octanol–water partition coefficient (Wildman–Crippen LogP) is 2.28. The number of ether oxygens (including phenoxy) is 1. The van der Waals surface area contributed by atoms with Crippen LogP contribution in [0.3, 0.4) is 0 Å². The van der Waals surface area contributed by atoms with Gasteiger partial charge in [0.25, 0.3) is 0 Å². The summed E-state index contributed by atoms with van der Waals surface area (Å²) in [5.41, 5.74) is 6.11. The Morgan fingerprint density at radius 1 is 1.43 bits per heavy atom. The summed E-state index contributed by atoms with van der Waals surface area (Å²) in [5, 5.41) is 0. The van der Waals surface area contributed by atoms with Crippen molar-refractivity contribution in [2.75, 3.05) is 6.61 Å². The number of rotatable bonds is 4. The lowest BCUT2D eigenvalue weighted by Gasteiger charge is -2.10. The molecule has 0 aliphatic heterocycles. The Kier molecular flexibility index (Phi) is 3.98. The lowest BCUT2D eigenvalue weighted by atomic mass is 9.98. The monoisotopic (exact) mass is 193 g/mol. The molecule has 1 rings (SSSR count). The van der Waals surface area contributed by atoms with Gasteiger partial charge in [0, 0.05) is 0 Å². The minimum absolute atomic E-state index is 0.380. The van der Waals surface area contributed by atoms with Crippen molar-refractivity contribution in [3.63, 3.8) is 0 Å². The fraction of sp³-hybridized carbons (Fsp3) is 0.364. The third kappa shape index (κ3) is 3.47. The summed E-state index contributed by atoms with van der Waals surface area (Å²) in [6, 6.07) is 10.1. The van der Waals surface area contributed by atoms with Crippen molar-refractivity contribution in [2.45, 2.75) is 19.3 Å². The smallest absolute Gasteiger partial charge is 0.404 e. The summed E-state index contributed by atoms with van der Waals surface area (Å²) in [6.45, 7) is 2.48. The van der Waals surface area contributed by atoms with Crippen molar-refractivity contribution >= 4 is 6.09 Å². The van der Waals surface area contributed by atoms with E-state index < -0.39 is 6.09 Å². The molecule has 1 unspecified atom stereocenters.